The van der Waals surface area contributed by atoms with Crippen molar-refractivity contribution < 1.29 is 14.4 Å². The topological polar surface area (TPSA) is 57.5 Å². The van der Waals surface area contributed by atoms with Crippen molar-refractivity contribution in [3.05, 3.63) is 0 Å². The van der Waals surface area contributed by atoms with Crippen molar-refractivity contribution in [1.82, 2.24) is 0 Å². The van der Waals surface area contributed by atoms with Gasteiger partial charge >= 0.3 is 49.8 Å². The maximum absolute atomic E-state index is 9.80. The number of hydrogen-bond donors (Lipinski definition) is 2. The summed E-state index contributed by atoms with van der Waals surface area (Å²) >= 11 is -0.383. The number of rotatable bonds is 1. The van der Waals surface area contributed by atoms with E-state index in [1.165, 1.54) is 0 Å². The molecule has 0 fully saturated rings. The van der Waals surface area contributed by atoms with Crippen LogP contribution in [0.15, 0.2) is 0 Å². The van der Waals surface area contributed by atoms with Gasteiger partial charge in [0.1, 0.15) is 0 Å². The third-order valence-corrected chi connectivity index (χ3v) is 23.6. The Bertz CT molecular complexity index is 74.9. The summed E-state index contributed by atoms with van der Waals surface area (Å²) < 4.78 is 9.80. The van der Waals surface area contributed by atoms with E-state index in [1.54, 1.807) is 0 Å². The molecule has 1 unspecified atom stereocenters. The van der Waals surface area contributed by atoms with Crippen LogP contribution in [0, 0.1) is 0 Å². The molecular weight excluding hydrogens is 224 g/mol. The summed E-state index contributed by atoms with van der Waals surface area (Å²) in [7, 11) is 0. The maximum atomic E-state index is 9.80. The predicted molar refractivity (Wildman–Crippen MR) is 27.7 cm³/mol. The summed E-state index contributed by atoms with van der Waals surface area (Å²) in [5.41, 5.74) is 0. The van der Waals surface area contributed by atoms with Crippen LogP contribution in [-0.2, 0) is 4.57 Å². The molecule has 0 saturated heterocycles. The Morgan fingerprint density at radius 1 is 1.67 bits per heavy atom. The van der Waals surface area contributed by atoms with Crippen LogP contribution >= 0.6 is 6.16 Å². The van der Waals surface area contributed by atoms with Gasteiger partial charge in [-0.05, 0) is 0 Å². The summed E-state index contributed by atoms with van der Waals surface area (Å²) in [5, 5.41) is 0. The molecule has 0 amide bonds. The van der Waals surface area contributed by atoms with Crippen molar-refractivity contribution in [2.75, 3.05) is 0 Å². The zero-order valence-corrected chi connectivity index (χ0v) is 10.4. The zero-order valence-electron chi connectivity index (χ0n) is 3.25. The molecule has 0 aliphatic heterocycles. The van der Waals surface area contributed by atoms with Crippen LogP contribution in [0.4, 0.5) is 0 Å². The fourth-order valence-electron chi connectivity index (χ4n) is 0. The molecule has 0 heterocycles. The first-order valence-electron chi connectivity index (χ1n) is 1.31. The minimum atomic E-state index is -3.44. The second-order valence-corrected chi connectivity index (χ2v) is 23.4. The van der Waals surface area contributed by atoms with E-state index in [9.17, 15) is 4.57 Å². The first kappa shape index (κ1) is 7.34. The van der Waals surface area contributed by atoms with E-state index in [0.29, 0.717) is 16.4 Å². The molecule has 0 aliphatic rings. The fraction of sp³-hybridized carbons (Fsp3) is 0. The molecule has 0 rings (SSSR count). The van der Waals surface area contributed by atoms with Gasteiger partial charge in [0.05, 0.1) is 0 Å². The van der Waals surface area contributed by atoms with Gasteiger partial charge in [-0.3, -0.25) is 0 Å². The Morgan fingerprint density at radius 3 is 1.83 bits per heavy atom. The average molecular weight is 229 g/mol. The Labute approximate surface area is 49.9 Å². The molecule has 0 saturated carbocycles. The Kier molecular flexibility index (Phi) is 3.19. The molecule has 6 heteroatoms. The van der Waals surface area contributed by atoms with E-state index < -0.39 is 19.0 Å². The molecule has 0 aromatic rings. The second-order valence-electron chi connectivity index (χ2n) is 0.768. The van der Waals surface area contributed by atoms with E-state index in [-0.39, 0.29) is 0 Å². The van der Waals surface area contributed by atoms with Gasteiger partial charge in [0.25, 0.3) is 0 Å². The van der Waals surface area contributed by atoms with Gasteiger partial charge in [0.2, 0.25) is 0 Å². The number of hydrogen-bond acceptors (Lipinski definition) is 1. The molecule has 3 nitrogen and oxygen atoms in total. The van der Waals surface area contributed by atoms with Gasteiger partial charge in [-0.15, -0.1) is 0 Å². The molecule has 0 aromatic carbocycles. The van der Waals surface area contributed by atoms with E-state index in [2.05, 4.69) is 0 Å². The molecule has 0 aliphatic carbocycles. The zero-order chi connectivity index (χ0) is 5.21. The van der Waals surface area contributed by atoms with Gasteiger partial charge in [-0.25, -0.2) is 0 Å². The van der Waals surface area contributed by atoms with Crippen LogP contribution in [0.5, 0.6) is 0 Å². The van der Waals surface area contributed by atoms with Crippen LogP contribution in [0.25, 0.3) is 0 Å². The summed E-state index contributed by atoms with van der Waals surface area (Å²) in [4.78, 5) is 16.1. The summed E-state index contributed by atoms with van der Waals surface area (Å²) in [6.07, 6.45) is -3.44. The summed E-state index contributed by atoms with van der Waals surface area (Å²) in [5.74, 6) is 0. The van der Waals surface area contributed by atoms with Crippen molar-refractivity contribution in [2.45, 2.75) is 0 Å². The first-order valence-corrected chi connectivity index (χ1v) is 18.7. The molecule has 0 radical (unpaired) electrons. The minimum absolute atomic E-state index is 0.409. The molecule has 0 bridgehead atoms. The Morgan fingerprint density at radius 2 is 1.83 bits per heavy atom. The quantitative estimate of drug-likeness (QED) is 0.406. The van der Waals surface area contributed by atoms with Gasteiger partial charge in [-0.1, -0.05) is 0 Å². The SMILES string of the molecule is O=P(O)(O)[AsH][GaH2]. The third kappa shape index (κ3) is 5.34. The molecule has 6 heavy (non-hydrogen) atoms. The predicted octanol–water partition coefficient (Wildman–Crippen LogP) is -1.94. The van der Waals surface area contributed by atoms with Crippen molar-refractivity contribution in [3.63, 3.8) is 0 Å². The van der Waals surface area contributed by atoms with E-state index in [0.717, 1.165) is 0 Å². The van der Waals surface area contributed by atoms with Gasteiger partial charge in [0, 0.05) is 0 Å². The van der Waals surface area contributed by atoms with Gasteiger partial charge in [-0.2, -0.15) is 0 Å². The summed E-state index contributed by atoms with van der Waals surface area (Å²) in [6.45, 7) is 0. The van der Waals surface area contributed by atoms with Crippen molar-refractivity contribution in [1.29, 1.82) is 0 Å². The van der Waals surface area contributed by atoms with Crippen LogP contribution in [-0.4, -0.2) is 39.0 Å². The molecule has 0 spiro atoms. The average Bonchev–Trinajstić information content (AvgIpc) is 1.35. The van der Waals surface area contributed by atoms with E-state index in [1.807, 2.05) is 0 Å². The van der Waals surface area contributed by atoms with Gasteiger partial charge < -0.3 is 0 Å². The van der Waals surface area contributed by atoms with Crippen LogP contribution in [0.2, 0.25) is 0 Å². The molecule has 0 aromatic heterocycles. The first-order chi connectivity index (χ1) is 2.56. The second kappa shape index (κ2) is 2.60. The standard InChI is InChI=1S/AsH3O3P.Ga.2H/c1-5(2,3)4;;;/h1H,(H2,2,3,4);;;/q-1;+1;;. The van der Waals surface area contributed by atoms with E-state index in [4.69, 9.17) is 9.79 Å². The molecule has 2 N–H and O–H groups in total. The van der Waals surface area contributed by atoms with Crippen molar-refractivity contribution in [2.24, 2.45) is 0 Å². The van der Waals surface area contributed by atoms with Crippen LogP contribution < -0.4 is 0 Å². The molecule has 1 atom stereocenters. The Hall–Kier alpha value is 1.34. The van der Waals surface area contributed by atoms with Crippen molar-refractivity contribution in [3.8, 4) is 0 Å². The monoisotopic (exact) mass is 228 g/mol. The van der Waals surface area contributed by atoms with Crippen LogP contribution in [0.3, 0.4) is 0 Å². The Balaban J connectivity index is 3.48. The normalized spacial score (nSPS) is 13.7. The molecule has 36 valence electrons. The third-order valence-electron chi connectivity index (χ3n) is 0.291. The fourth-order valence-corrected chi connectivity index (χ4v) is 0. The van der Waals surface area contributed by atoms with E-state index >= 15 is 0 Å². The van der Waals surface area contributed by atoms with Gasteiger partial charge in [0.15, 0.2) is 0 Å². The summed E-state index contributed by atoms with van der Waals surface area (Å²) in [6, 6.07) is 0. The van der Waals surface area contributed by atoms with Crippen LogP contribution in [0.1, 0.15) is 0 Å². The molecular formula is H5AsGaO3P. The van der Waals surface area contributed by atoms with Crippen molar-refractivity contribution >= 4 is 35.4 Å².